The predicted molar refractivity (Wildman–Crippen MR) is 65.9 cm³/mol. The lowest BCUT2D eigenvalue weighted by Crippen LogP contribution is -2.32. The van der Waals surface area contributed by atoms with Crippen LogP contribution in [0.4, 0.5) is 0 Å². The Morgan fingerprint density at radius 2 is 2.18 bits per heavy atom. The molecule has 0 aliphatic carbocycles. The molecule has 1 aromatic rings. The molecule has 0 heterocycles. The van der Waals surface area contributed by atoms with E-state index in [1.807, 2.05) is 6.07 Å². The smallest absolute Gasteiger partial charge is 0.321 e. The minimum atomic E-state index is -1.01. The number of rotatable bonds is 6. The Bertz CT molecular complexity index is 397. The molecule has 5 nitrogen and oxygen atoms in total. The second-order valence-electron chi connectivity index (χ2n) is 3.27. The molecule has 0 bridgehead atoms. The third-order valence-electron chi connectivity index (χ3n) is 2.11. The summed E-state index contributed by atoms with van der Waals surface area (Å²) in [6.07, 6.45) is 0. The fraction of sp³-hybridized carbons (Fsp3) is 0.364. The number of nitrogens with two attached hydrogens (primary N) is 1. The standard InChI is InChI=1S/C11H15NO4S/c1-15-7-3-4-10(9(5-7)16-2)17-6-8(12)11(13)14/h3-5,8H,6,12H2,1-2H3,(H,13,14). The van der Waals surface area contributed by atoms with E-state index in [1.54, 1.807) is 26.4 Å². The highest BCUT2D eigenvalue weighted by atomic mass is 32.2. The Labute approximate surface area is 104 Å². The van der Waals surface area contributed by atoms with Crippen LogP contribution < -0.4 is 15.2 Å². The fourth-order valence-electron chi connectivity index (χ4n) is 1.14. The number of aliphatic carboxylic acids is 1. The molecule has 0 saturated carbocycles. The minimum absolute atomic E-state index is 0.290. The summed E-state index contributed by atoms with van der Waals surface area (Å²) < 4.78 is 10.3. The number of benzene rings is 1. The summed E-state index contributed by atoms with van der Waals surface area (Å²) >= 11 is 1.34. The largest absolute Gasteiger partial charge is 0.497 e. The quantitative estimate of drug-likeness (QED) is 0.745. The summed E-state index contributed by atoms with van der Waals surface area (Å²) in [6, 6.07) is 4.47. The number of carbonyl (C=O) groups is 1. The van der Waals surface area contributed by atoms with Crippen molar-refractivity contribution in [1.29, 1.82) is 0 Å². The van der Waals surface area contributed by atoms with E-state index in [9.17, 15) is 4.79 Å². The van der Waals surface area contributed by atoms with Gasteiger partial charge in [-0.15, -0.1) is 11.8 Å². The SMILES string of the molecule is COc1ccc(SCC(N)C(=O)O)c(OC)c1. The minimum Gasteiger partial charge on any atom is -0.497 e. The van der Waals surface area contributed by atoms with Gasteiger partial charge in [-0.3, -0.25) is 4.79 Å². The first-order valence-corrected chi connectivity index (χ1v) is 5.90. The van der Waals surface area contributed by atoms with Gasteiger partial charge in [-0.05, 0) is 12.1 Å². The summed E-state index contributed by atoms with van der Waals surface area (Å²) in [6.45, 7) is 0. The van der Waals surface area contributed by atoms with Crippen molar-refractivity contribution in [3.63, 3.8) is 0 Å². The second kappa shape index (κ2) is 6.36. The summed E-state index contributed by atoms with van der Waals surface area (Å²) in [5.41, 5.74) is 5.43. The van der Waals surface area contributed by atoms with E-state index < -0.39 is 12.0 Å². The first-order valence-electron chi connectivity index (χ1n) is 4.91. The van der Waals surface area contributed by atoms with Crippen molar-refractivity contribution in [3.8, 4) is 11.5 Å². The van der Waals surface area contributed by atoms with E-state index >= 15 is 0 Å². The molecule has 1 aromatic carbocycles. The van der Waals surface area contributed by atoms with E-state index in [2.05, 4.69) is 0 Å². The number of hydrogen-bond donors (Lipinski definition) is 2. The Hall–Kier alpha value is -1.40. The van der Waals surface area contributed by atoms with E-state index in [1.165, 1.54) is 11.8 Å². The lowest BCUT2D eigenvalue weighted by molar-refractivity contribution is -0.137. The predicted octanol–water partition coefficient (Wildman–Crippen LogP) is 1.21. The number of carboxylic acids is 1. The van der Waals surface area contributed by atoms with Gasteiger partial charge in [0.1, 0.15) is 17.5 Å². The molecule has 0 radical (unpaired) electrons. The molecule has 0 aromatic heterocycles. The van der Waals surface area contributed by atoms with Crippen LogP contribution in [0.1, 0.15) is 0 Å². The fourth-order valence-corrected chi connectivity index (χ4v) is 2.10. The van der Waals surface area contributed by atoms with Crippen molar-refractivity contribution in [2.24, 2.45) is 5.73 Å². The van der Waals surface area contributed by atoms with Gasteiger partial charge < -0.3 is 20.3 Å². The first kappa shape index (κ1) is 13.7. The van der Waals surface area contributed by atoms with Crippen molar-refractivity contribution in [1.82, 2.24) is 0 Å². The van der Waals surface area contributed by atoms with Crippen LogP contribution in [0.5, 0.6) is 11.5 Å². The molecule has 0 fully saturated rings. The average Bonchev–Trinajstić information content (AvgIpc) is 2.35. The van der Waals surface area contributed by atoms with Crippen LogP contribution >= 0.6 is 11.8 Å². The Morgan fingerprint density at radius 3 is 2.71 bits per heavy atom. The van der Waals surface area contributed by atoms with Crippen molar-refractivity contribution in [2.75, 3.05) is 20.0 Å². The lowest BCUT2D eigenvalue weighted by Gasteiger charge is -2.11. The van der Waals surface area contributed by atoms with Crippen LogP contribution in [0.15, 0.2) is 23.1 Å². The Balaban J connectivity index is 2.73. The molecule has 1 atom stereocenters. The molecule has 0 aliphatic heterocycles. The number of methoxy groups -OCH3 is 2. The van der Waals surface area contributed by atoms with Crippen LogP contribution in [-0.4, -0.2) is 37.1 Å². The van der Waals surface area contributed by atoms with Crippen molar-refractivity contribution >= 4 is 17.7 Å². The van der Waals surface area contributed by atoms with Crippen molar-refractivity contribution in [3.05, 3.63) is 18.2 Å². The van der Waals surface area contributed by atoms with Gasteiger partial charge in [0.25, 0.3) is 0 Å². The lowest BCUT2D eigenvalue weighted by atomic mass is 10.3. The van der Waals surface area contributed by atoms with Crippen LogP contribution in [-0.2, 0) is 4.79 Å². The molecule has 0 spiro atoms. The van der Waals surface area contributed by atoms with E-state index in [0.29, 0.717) is 11.5 Å². The molecule has 1 unspecified atom stereocenters. The second-order valence-corrected chi connectivity index (χ2v) is 4.33. The zero-order chi connectivity index (χ0) is 12.8. The average molecular weight is 257 g/mol. The Morgan fingerprint density at radius 1 is 1.47 bits per heavy atom. The molecule has 0 aliphatic rings. The van der Waals surface area contributed by atoms with Crippen molar-refractivity contribution in [2.45, 2.75) is 10.9 Å². The molecular formula is C11H15NO4S. The topological polar surface area (TPSA) is 81.8 Å². The van der Waals surface area contributed by atoms with Gasteiger partial charge in [0.2, 0.25) is 0 Å². The maximum Gasteiger partial charge on any atom is 0.321 e. The zero-order valence-electron chi connectivity index (χ0n) is 9.67. The van der Waals surface area contributed by atoms with Gasteiger partial charge >= 0.3 is 5.97 Å². The maximum absolute atomic E-state index is 10.6. The number of thioether (sulfide) groups is 1. The van der Waals surface area contributed by atoms with Crippen LogP contribution in [0.25, 0.3) is 0 Å². The number of hydrogen-bond acceptors (Lipinski definition) is 5. The molecule has 0 saturated heterocycles. The normalized spacial score (nSPS) is 11.9. The molecule has 1 rings (SSSR count). The molecule has 0 amide bonds. The third kappa shape index (κ3) is 3.83. The van der Waals surface area contributed by atoms with E-state index in [0.717, 1.165) is 4.90 Å². The molecule has 6 heteroatoms. The number of carboxylic acid groups (broad SMARTS) is 1. The van der Waals surface area contributed by atoms with Crippen LogP contribution in [0.2, 0.25) is 0 Å². The van der Waals surface area contributed by atoms with Gasteiger partial charge in [0, 0.05) is 16.7 Å². The van der Waals surface area contributed by atoms with Gasteiger partial charge in [-0.1, -0.05) is 0 Å². The van der Waals surface area contributed by atoms with Crippen LogP contribution in [0.3, 0.4) is 0 Å². The van der Waals surface area contributed by atoms with Gasteiger partial charge in [0.15, 0.2) is 0 Å². The number of ether oxygens (including phenoxy) is 2. The summed E-state index contributed by atoms with van der Waals surface area (Å²) in [5.74, 6) is 0.614. The van der Waals surface area contributed by atoms with Gasteiger partial charge in [0.05, 0.1) is 14.2 Å². The van der Waals surface area contributed by atoms with Gasteiger partial charge in [-0.25, -0.2) is 0 Å². The van der Waals surface area contributed by atoms with Gasteiger partial charge in [-0.2, -0.15) is 0 Å². The van der Waals surface area contributed by atoms with E-state index in [4.69, 9.17) is 20.3 Å². The third-order valence-corrected chi connectivity index (χ3v) is 3.28. The molecular weight excluding hydrogens is 242 g/mol. The zero-order valence-corrected chi connectivity index (χ0v) is 10.5. The highest BCUT2D eigenvalue weighted by Crippen LogP contribution is 2.32. The molecule has 17 heavy (non-hydrogen) atoms. The summed E-state index contributed by atoms with van der Waals surface area (Å²) in [7, 11) is 3.12. The molecule has 3 N–H and O–H groups in total. The highest BCUT2D eigenvalue weighted by molar-refractivity contribution is 7.99. The molecule has 94 valence electrons. The first-order chi connectivity index (χ1) is 8.08. The highest BCUT2D eigenvalue weighted by Gasteiger charge is 2.13. The monoisotopic (exact) mass is 257 g/mol. The van der Waals surface area contributed by atoms with Crippen LogP contribution in [0, 0.1) is 0 Å². The van der Waals surface area contributed by atoms with Crippen molar-refractivity contribution < 1.29 is 19.4 Å². The Kier molecular flexibility index (Phi) is 5.11. The maximum atomic E-state index is 10.6. The van der Waals surface area contributed by atoms with E-state index in [-0.39, 0.29) is 5.75 Å². The summed E-state index contributed by atoms with van der Waals surface area (Å²) in [4.78, 5) is 11.4. The summed E-state index contributed by atoms with van der Waals surface area (Å²) in [5, 5.41) is 8.68.